The van der Waals surface area contributed by atoms with Gasteiger partial charge in [0.25, 0.3) is 5.56 Å². The summed E-state index contributed by atoms with van der Waals surface area (Å²) in [6, 6.07) is 17.2. The van der Waals surface area contributed by atoms with Crippen LogP contribution < -0.4 is 5.56 Å². The Hall–Kier alpha value is -3.49. The highest BCUT2D eigenvalue weighted by molar-refractivity contribution is 7.73. The SMILES string of the molecule is Cc1c(-n2c(O)c(C=C3C=Nc4ccccc43)sc2=S)c(=O)n(-c2ccccc2)n1C. The first-order valence-electron chi connectivity index (χ1n) is 9.61. The quantitative estimate of drug-likeness (QED) is 0.449. The van der Waals surface area contributed by atoms with Crippen LogP contribution in [0.25, 0.3) is 23.0 Å². The van der Waals surface area contributed by atoms with Crippen LogP contribution in [0.4, 0.5) is 5.69 Å². The molecule has 154 valence electrons. The molecule has 0 bridgehead atoms. The van der Waals surface area contributed by atoms with Crippen molar-refractivity contribution in [2.45, 2.75) is 6.92 Å². The van der Waals surface area contributed by atoms with Gasteiger partial charge in [0, 0.05) is 24.4 Å². The topological polar surface area (TPSA) is 64.4 Å². The standard InChI is InChI=1S/C23H18N4O2S2/c1-14-20(22(29)27(25(14)2)16-8-4-3-5-9-16)26-21(28)19(31-23(26)30)12-15-13-24-18-11-7-6-10-17(15)18/h3-13,28H,1-2H3. The van der Waals surface area contributed by atoms with Crippen molar-refractivity contribution < 1.29 is 5.11 Å². The van der Waals surface area contributed by atoms with Crippen LogP contribution in [0.2, 0.25) is 0 Å². The number of rotatable bonds is 3. The lowest BCUT2D eigenvalue weighted by Crippen LogP contribution is -2.21. The van der Waals surface area contributed by atoms with Gasteiger partial charge in [-0.2, -0.15) is 0 Å². The Labute approximate surface area is 187 Å². The molecule has 1 aliphatic rings. The number of thiazole rings is 1. The normalized spacial score (nSPS) is 13.8. The van der Waals surface area contributed by atoms with Gasteiger partial charge in [-0.05, 0) is 43.4 Å². The van der Waals surface area contributed by atoms with Crippen LogP contribution in [-0.2, 0) is 7.05 Å². The van der Waals surface area contributed by atoms with Crippen molar-refractivity contribution in [1.29, 1.82) is 0 Å². The highest BCUT2D eigenvalue weighted by Gasteiger charge is 2.23. The summed E-state index contributed by atoms with van der Waals surface area (Å²) in [6.07, 6.45) is 3.63. The van der Waals surface area contributed by atoms with Gasteiger partial charge in [-0.1, -0.05) is 36.4 Å². The van der Waals surface area contributed by atoms with Crippen molar-refractivity contribution in [1.82, 2.24) is 13.9 Å². The number of benzene rings is 2. The highest BCUT2D eigenvalue weighted by atomic mass is 32.1. The average Bonchev–Trinajstić information content (AvgIpc) is 3.37. The van der Waals surface area contributed by atoms with E-state index in [-0.39, 0.29) is 11.4 Å². The maximum Gasteiger partial charge on any atom is 0.296 e. The van der Waals surface area contributed by atoms with Crippen molar-refractivity contribution in [2.75, 3.05) is 0 Å². The van der Waals surface area contributed by atoms with E-state index in [2.05, 4.69) is 4.99 Å². The predicted molar refractivity (Wildman–Crippen MR) is 128 cm³/mol. The van der Waals surface area contributed by atoms with E-state index in [0.717, 1.165) is 22.5 Å². The van der Waals surface area contributed by atoms with E-state index in [1.807, 2.05) is 74.6 Å². The molecule has 2 aromatic carbocycles. The molecule has 6 nitrogen and oxygen atoms in total. The number of aromatic hydroxyl groups is 1. The molecule has 1 N–H and O–H groups in total. The van der Waals surface area contributed by atoms with Crippen LogP contribution in [0.1, 0.15) is 16.1 Å². The first-order chi connectivity index (χ1) is 15.0. The van der Waals surface area contributed by atoms with Crippen molar-refractivity contribution in [3.63, 3.8) is 0 Å². The second kappa shape index (κ2) is 7.33. The van der Waals surface area contributed by atoms with Gasteiger partial charge in [0.2, 0.25) is 5.88 Å². The summed E-state index contributed by atoms with van der Waals surface area (Å²) in [5.74, 6) is -0.0497. The third-order valence-electron chi connectivity index (χ3n) is 5.40. The zero-order chi connectivity index (χ0) is 21.7. The smallest absolute Gasteiger partial charge is 0.296 e. The van der Waals surface area contributed by atoms with Crippen molar-refractivity contribution >= 4 is 47.1 Å². The Balaban J connectivity index is 1.67. The molecule has 0 radical (unpaired) electrons. The molecule has 3 heterocycles. The number of hydrogen-bond donors (Lipinski definition) is 1. The van der Waals surface area contributed by atoms with Crippen molar-refractivity contribution in [3.8, 4) is 17.3 Å². The Morgan fingerprint density at radius 1 is 1.10 bits per heavy atom. The van der Waals surface area contributed by atoms with Gasteiger partial charge in [-0.25, -0.2) is 4.68 Å². The zero-order valence-electron chi connectivity index (χ0n) is 16.8. The van der Waals surface area contributed by atoms with E-state index >= 15 is 0 Å². The zero-order valence-corrected chi connectivity index (χ0v) is 18.4. The minimum Gasteiger partial charge on any atom is -0.493 e. The van der Waals surface area contributed by atoms with E-state index in [9.17, 15) is 9.90 Å². The van der Waals surface area contributed by atoms with Gasteiger partial charge in [0.05, 0.1) is 21.9 Å². The van der Waals surface area contributed by atoms with Gasteiger partial charge in [-0.3, -0.25) is 19.0 Å². The number of allylic oxidation sites excluding steroid dienone is 1. The monoisotopic (exact) mass is 446 g/mol. The van der Waals surface area contributed by atoms with Crippen molar-refractivity contribution in [2.24, 2.45) is 12.0 Å². The minimum absolute atomic E-state index is 0.0497. The second-order valence-electron chi connectivity index (χ2n) is 7.18. The van der Waals surface area contributed by atoms with Gasteiger partial charge in [0.15, 0.2) is 3.95 Å². The maximum atomic E-state index is 13.4. The molecule has 0 atom stereocenters. The molecule has 0 amide bonds. The molecule has 31 heavy (non-hydrogen) atoms. The summed E-state index contributed by atoms with van der Waals surface area (Å²) < 4.78 is 5.20. The fraction of sp³-hybridized carbons (Fsp3) is 0.0870. The lowest BCUT2D eigenvalue weighted by atomic mass is 10.1. The molecule has 4 aromatic rings. The highest BCUT2D eigenvalue weighted by Crippen LogP contribution is 2.37. The Morgan fingerprint density at radius 3 is 2.58 bits per heavy atom. The van der Waals surface area contributed by atoms with Gasteiger partial charge < -0.3 is 5.11 Å². The summed E-state index contributed by atoms with van der Waals surface area (Å²) in [5, 5.41) is 11.1. The fourth-order valence-electron chi connectivity index (χ4n) is 3.78. The Bertz CT molecular complexity index is 1500. The number of hydrogen-bond acceptors (Lipinski definition) is 5. The summed E-state index contributed by atoms with van der Waals surface area (Å²) >= 11 is 6.81. The molecule has 0 saturated heterocycles. The number of fused-ring (bicyclic) bond motifs is 1. The largest absolute Gasteiger partial charge is 0.493 e. The van der Waals surface area contributed by atoms with Gasteiger partial charge >= 0.3 is 0 Å². The van der Waals surface area contributed by atoms with Crippen LogP contribution in [0.3, 0.4) is 0 Å². The third kappa shape index (κ3) is 3.03. The molecular formula is C23H18N4O2S2. The number of nitrogens with zero attached hydrogens (tertiary/aromatic N) is 4. The number of aliphatic imine (C=N–C) groups is 1. The number of aromatic nitrogens is 3. The first-order valence-corrected chi connectivity index (χ1v) is 10.8. The third-order valence-corrected chi connectivity index (χ3v) is 6.71. The molecule has 8 heteroatoms. The molecular weight excluding hydrogens is 428 g/mol. The Kier molecular flexibility index (Phi) is 4.60. The minimum atomic E-state index is -0.248. The molecule has 0 saturated carbocycles. The first kappa shape index (κ1) is 19.5. The van der Waals surface area contributed by atoms with E-state index in [0.29, 0.717) is 20.2 Å². The van der Waals surface area contributed by atoms with E-state index in [4.69, 9.17) is 12.2 Å². The van der Waals surface area contributed by atoms with Crippen LogP contribution in [0, 0.1) is 10.9 Å². The molecule has 2 aromatic heterocycles. The lowest BCUT2D eigenvalue weighted by Gasteiger charge is -2.07. The summed E-state index contributed by atoms with van der Waals surface area (Å²) in [6.45, 7) is 1.84. The van der Waals surface area contributed by atoms with Gasteiger partial charge in [-0.15, -0.1) is 11.3 Å². The fourth-order valence-corrected chi connectivity index (χ4v) is 5.05. The van der Waals surface area contributed by atoms with Crippen molar-refractivity contribution in [3.05, 3.63) is 85.0 Å². The molecule has 0 fully saturated rings. The van der Waals surface area contributed by atoms with Gasteiger partial charge in [0.1, 0.15) is 5.69 Å². The number of para-hydroxylation sites is 2. The van der Waals surface area contributed by atoms with E-state index < -0.39 is 0 Å². The van der Waals surface area contributed by atoms with Crippen LogP contribution in [-0.4, -0.2) is 25.3 Å². The maximum absolute atomic E-state index is 13.4. The van der Waals surface area contributed by atoms with Crippen LogP contribution in [0.15, 0.2) is 64.4 Å². The lowest BCUT2D eigenvalue weighted by molar-refractivity contribution is 0.440. The Morgan fingerprint density at radius 2 is 1.81 bits per heavy atom. The summed E-state index contributed by atoms with van der Waals surface area (Å²) in [7, 11) is 1.81. The predicted octanol–water partition coefficient (Wildman–Crippen LogP) is 5.03. The molecule has 0 unspecified atom stereocenters. The van der Waals surface area contributed by atoms with E-state index in [1.54, 1.807) is 15.6 Å². The molecule has 0 aliphatic carbocycles. The molecule has 1 aliphatic heterocycles. The second-order valence-corrected chi connectivity index (χ2v) is 8.85. The summed E-state index contributed by atoms with van der Waals surface area (Å²) in [5.41, 5.74) is 4.31. The summed E-state index contributed by atoms with van der Waals surface area (Å²) in [4.78, 5) is 18.4. The van der Waals surface area contributed by atoms with Crippen LogP contribution >= 0.6 is 23.6 Å². The van der Waals surface area contributed by atoms with E-state index in [1.165, 1.54) is 15.9 Å². The average molecular weight is 447 g/mol. The molecule has 0 spiro atoms. The molecule has 5 rings (SSSR count). The van der Waals surface area contributed by atoms with Crippen LogP contribution in [0.5, 0.6) is 5.88 Å².